The van der Waals surface area contributed by atoms with E-state index in [9.17, 15) is 22.8 Å². The van der Waals surface area contributed by atoms with Gasteiger partial charge < -0.3 is 25.8 Å². The molecule has 2 heterocycles. The van der Waals surface area contributed by atoms with Crippen molar-refractivity contribution in [1.82, 2.24) is 20.2 Å². The molecule has 5 rings (SSSR count). The van der Waals surface area contributed by atoms with Crippen molar-refractivity contribution < 1.29 is 22.8 Å². The predicted molar refractivity (Wildman–Crippen MR) is 183 cm³/mol. The van der Waals surface area contributed by atoms with Gasteiger partial charge in [0.25, 0.3) is 5.91 Å². The van der Waals surface area contributed by atoms with Crippen molar-refractivity contribution in [1.29, 1.82) is 0 Å². The summed E-state index contributed by atoms with van der Waals surface area (Å²) in [6.45, 7) is 8.56. The summed E-state index contributed by atoms with van der Waals surface area (Å²) in [5.41, 5.74) is 1.62. The number of likely N-dealkylation sites (tertiary alicyclic amines) is 1. The number of anilines is 3. The van der Waals surface area contributed by atoms with Gasteiger partial charge in [0.15, 0.2) is 11.6 Å². The molecule has 1 saturated heterocycles. The van der Waals surface area contributed by atoms with E-state index < -0.39 is 11.7 Å². The van der Waals surface area contributed by atoms with Gasteiger partial charge in [-0.1, -0.05) is 36.8 Å². The number of benzene rings is 2. The number of carbonyl (C=O) groups is 2. The maximum Gasteiger partial charge on any atom is 0.416 e. The molecule has 1 aliphatic carbocycles. The molecule has 12 heteroatoms. The van der Waals surface area contributed by atoms with Gasteiger partial charge in [-0.15, -0.1) is 0 Å². The van der Waals surface area contributed by atoms with Gasteiger partial charge in [0.05, 0.1) is 5.56 Å². The number of alkyl halides is 3. The smallest absolute Gasteiger partial charge is 0.368 e. The number of carbonyl (C=O) groups excluding carboxylic acids is 2. The molecule has 1 aliphatic heterocycles. The van der Waals surface area contributed by atoms with Gasteiger partial charge in [0, 0.05) is 50.2 Å². The van der Waals surface area contributed by atoms with Crippen LogP contribution in [0.1, 0.15) is 74.7 Å². The summed E-state index contributed by atoms with van der Waals surface area (Å²) >= 11 is 0. The molecule has 9 nitrogen and oxygen atoms in total. The second kappa shape index (κ2) is 16.3. The Labute approximate surface area is 280 Å². The molecule has 1 aromatic heterocycles. The first-order valence-electron chi connectivity index (χ1n) is 17.1. The van der Waals surface area contributed by atoms with Crippen molar-refractivity contribution in [3.05, 3.63) is 66.0 Å². The van der Waals surface area contributed by atoms with Crippen molar-refractivity contribution in [3.8, 4) is 11.1 Å². The average Bonchev–Trinajstić information content (AvgIpc) is 3.05. The summed E-state index contributed by atoms with van der Waals surface area (Å²) in [4.78, 5) is 40.2. The highest BCUT2D eigenvalue weighted by Crippen LogP contribution is 2.36. The fraction of sp³-hybridized carbons (Fsp3) is 0.500. The standard InChI is InChI=1S/C36H46F3N7O2/c1-3-40-32-31(33(41-4-2)43-24-42-32)46(35(48)26-10-9-11-26)21-8-7-20-45-22-18-28(19-23-45)44-34(47)30-13-6-5-12-29(30)25-14-16-27(17-15-25)36(37,38)39/h5-6,12-17,24,26,28H,3-4,7-11,18-23H2,1-2H3,(H,44,47)(H2,40,41,42,43). The third-order valence-corrected chi connectivity index (χ3v) is 9.22. The molecular weight excluding hydrogens is 619 g/mol. The number of rotatable bonds is 14. The molecule has 2 fully saturated rings. The summed E-state index contributed by atoms with van der Waals surface area (Å²) in [6, 6.07) is 11.9. The summed E-state index contributed by atoms with van der Waals surface area (Å²) < 4.78 is 39.2. The first-order chi connectivity index (χ1) is 23.2. The lowest BCUT2D eigenvalue weighted by Crippen LogP contribution is -2.45. The number of hydrogen-bond acceptors (Lipinski definition) is 7. The van der Waals surface area contributed by atoms with Crippen molar-refractivity contribution in [2.45, 2.75) is 71.0 Å². The number of nitrogens with one attached hydrogen (secondary N) is 3. The summed E-state index contributed by atoms with van der Waals surface area (Å²) in [5, 5.41) is 9.78. The van der Waals surface area contributed by atoms with Crippen LogP contribution in [0.25, 0.3) is 11.1 Å². The van der Waals surface area contributed by atoms with Gasteiger partial charge in [-0.05, 0) is 88.2 Å². The quantitative estimate of drug-likeness (QED) is 0.162. The Hall–Kier alpha value is -4.19. The number of amides is 2. The minimum absolute atomic E-state index is 0.0112. The Morgan fingerprint density at radius 2 is 1.54 bits per heavy atom. The van der Waals surface area contributed by atoms with Gasteiger partial charge in [0.2, 0.25) is 5.91 Å². The molecule has 3 N–H and O–H groups in total. The van der Waals surface area contributed by atoms with Gasteiger partial charge in [-0.2, -0.15) is 13.2 Å². The summed E-state index contributed by atoms with van der Waals surface area (Å²) in [7, 11) is 0. The molecule has 0 spiro atoms. The lowest BCUT2D eigenvalue weighted by molar-refractivity contribution is -0.137. The van der Waals surface area contributed by atoms with E-state index in [1.54, 1.807) is 24.3 Å². The van der Waals surface area contributed by atoms with E-state index >= 15 is 0 Å². The second-order valence-electron chi connectivity index (χ2n) is 12.5. The van der Waals surface area contributed by atoms with Crippen LogP contribution in [0.2, 0.25) is 0 Å². The molecule has 1 saturated carbocycles. The largest absolute Gasteiger partial charge is 0.416 e. The number of piperidine rings is 1. The average molecular weight is 666 g/mol. The molecular formula is C36H46F3N7O2. The van der Waals surface area contributed by atoms with Crippen LogP contribution in [-0.2, 0) is 11.0 Å². The van der Waals surface area contributed by atoms with E-state index in [0.29, 0.717) is 48.0 Å². The van der Waals surface area contributed by atoms with E-state index in [0.717, 1.165) is 82.4 Å². The lowest BCUT2D eigenvalue weighted by Gasteiger charge is -2.34. The van der Waals surface area contributed by atoms with E-state index in [2.05, 4.69) is 30.8 Å². The zero-order valence-corrected chi connectivity index (χ0v) is 27.8. The highest BCUT2D eigenvalue weighted by atomic mass is 19.4. The lowest BCUT2D eigenvalue weighted by atomic mass is 9.84. The Morgan fingerprint density at radius 1 is 0.896 bits per heavy atom. The second-order valence-corrected chi connectivity index (χ2v) is 12.5. The van der Waals surface area contributed by atoms with Crippen LogP contribution in [0.5, 0.6) is 0 Å². The Balaban J connectivity index is 1.14. The zero-order chi connectivity index (χ0) is 34.1. The number of hydrogen-bond donors (Lipinski definition) is 3. The molecule has 2 amide bonds. The van der Waals surface area contributed by atoms with Crippen LogP contribution in [0.3, 0.4) is 0 Å². The molecule has 0 atom stereocenters. The topological polar surface area (TPSA) is 102 Å². The van der Waals surface area contributed by atoms with Crippen LogP contribution in [0, 0.1) is 5.92 Å². The van der Waals surface area contributed by atoms with Crippen molar-refractivity contribution >= 4 is 29.1 Å². The highest BCUT2D eigenvalue weighted by molar-refractivity contribution is 6.01. The van der Waals surface area contributed by atoms with Crippen LogP contribution in [-0.4, -0.2) is 72.0 Å². The minimum Gasteiger partial charge on any atom is -0.368 e. The number of halogens is 3. The third-order valence-electron chi connectivity index (χ3n) is 9.22. The van der Waals surface area contributed by atoms with E-state index in [1.165, 1.54) is 18.5 Å². The van der Waals surface area contributed by atoms with Crippen molar-refractivity contribution in [2.24, 2.45) is 5.92 Å². The Morgan fingerprint density at radius 3 is 2.12 bits per heavy atom. The van der Waals surface area contributed by atoms with Gasteiger partial charge in [-0.3, -0.25) is 9.59 Å². The number of nitrogens with zero attached hydrogens (tertiary/aromatic N) is 4. The van der Waals surface area contributed by atoms with E-state index in [4.69, 9.17) is 0 Å². The van der Waals surface area contributed by atoms with E-state index in [-0.39, 0.29) is 23.8 Å². The molecule has 2 aliphatic rings. The van der Waals surface area contributed by atoms with Crippen molar-refractivity contribution in [3.63, 3.8) is 0 Å². The number of unbranched alkanes of at least 4 members (excludes halogenated alkanes) is 1. The number of aromatic nitrogens is 2. The first-order valence-corrected chi connectivity index (χ1v) is 17.1. The zero-order valence-electron chi connectivity index (χ0n) is 27.8. The molecule has 0 bridgehead atoms. The van der Waals surface area contributed by atoms with Gasteiger partial charge in [-0.25, -0.2) is 9.97 Å². The van der Waals surface area contributed by atoms with Crippen LogP contribution in [0.4, 0.5) is 30.5 Å². The van der Waals surface area contributed by atoms with Crippen LogP contribution in [0.15, 0.2) is 54.9 Å². The van der Waals surface area contributed by atoms with Crippen LogP contribution >= 0.6 is 0 Å². The normalized spacial score (nSPS) is 15.9. The van der Waals surface area contributed by atoms with E-state index in [1.807, 2.05) is 18.7 Å². The maximum absolute atomic E-state index is 13.6. The van der Waals surface area contributed by atoms with Gasteiger partial charge >= 0.3 is 6.18 Å². The first kappa shape index (κ1) is 35.1. The molecule has 258 valence electrons. The Bertz CT molecular complexity index is 1500. The molecule has 0 radical (unpaired) electrons. The highest BCUT2D eigenvalue weighted by Gasteiger charge is 2.33. The fourth-order valence-electron chi connectivity index (χ4n) is 6.38. The molecule has 0 unspecified atom stereocenters. The maximum atomic E-state index is 13.6. The SMILES string of the molecule is CCNc1ncnc(NCC)c1N(CCCCN1CCC(NC(=O)c2ccccc2-c2ccc(C(F)(F)F)cc2)CC1)C(=O)C1CCC1. The Kier molecular flexibility index (Phi) is 11.9. The van der Waals surface area contributed by atoms with Crippen LogP contribution < -0.4 is 20.9 Å². The van der Waals surface area contributed by atoms with Gasteiger partial charge in [0.1, 0.15) is 12.0 Å². The van der Waals surface area contributed by atoms with Crippen molar-refractivity contribution in [2.75, 3.05) is 54.8 Å². The fourth-order valence-corrected chi connectivity index (χ4v) is 6.38. The summed E-state index contributed by atoms with van der Waals surface area (Å²) in [6.07, 6.45) is 3.40. The summed E-state index contributed by atoms with van der Waals surface area (Å²) in [5.74, 6) is 1.31. The molecule has 3 aromatic rings. The minimum atomic E-state index is -4.41. The third kappa shape index (κ3) is 8.63. The monoisotopic (exact) mass is 665 g/mol. The molecule has 2 aromatic carbocycles. The predicted octanol–water partition coefficient (Wildman–Crippen LogP) is 6.83. The molecule has 48 heavy (non-hydrogen) atoms.